The van der Waals surface area contributed by atoms with Gasteiger partial charge >= 0.3 is 5.97 Å². The van der Waals surface area contributed by atoms with Gasteiger partial charge in [-0.15, -0.1) is 0 Å². The van der Waals surface area contributed by atoms with Crippen LogP contribution < -0.4 is 0 Å². The van der Waals surface area contributed by atoms with Crippen LogP contribution in [0.2, 0.25) is 0 Å². The second-order valence-electron chi connectivity index (χ2n) is 7.86. The molecule has 1 fully saturated rings. The minimum atomic E-state index is -0.320. The maximum absolute atomic E-state index is 12.9. The molecule has 1 aromatic rings. The first-order valence-electron chi connectivity index (χ1n) is 10.1. The first kappa shape index (κ1) is 21.2. The Morgan fingerprint density at radius 1 is 1.11 bits per heavy atom. The number of hydrogen-bond acceptors (Lipinski definition) is 3. The smallest absolute Gasteiger partial charge is 0.310 e. The Morgan fingerprint density at radius 3 is 2.30 bits per heavy atom. The quantitative estimate of drug-likeness (QED) is 0.511. The Kier molecular flexibility index (Phi) is 8.08. The van der Waals surface area contributed by atoms with Gasteiger partial charge in [0.15, 0.2) is 0 Å². The number of carbonyl (C=O) groups is 2. The molecule has 0 N–H and O–H groups in total. The summed E-state index contributed by atoms with van der Waals surface area (Å²) in [5.41, 5.74) is 2.30. The van der Waals surface area contributed by atoms with Gasteiger partial charge in [0.05, 0.1) is 13.0 Å². The van der Waals surface area contributed by atoms with Crippen LogP contribution in [-0.4, -0.2) is 36.5 Å². The van der Waals surface area contributed by atoms with Gasteiger partial charge in [0.25, 0.3) is 0 Å². The van der Waals surface area contributed by atoms with Gasteiger partial charge in [0, 0.05) is 18.7 Å². The van der Waals surface area contributed by atoms with Crippen LogP contribution in [0.1, 0.15) is 69.9 Å². The largest absolute Gasteiger partial charge is 0.469 e. The molecule has 0 spiro atoms. The Labute approximate surface area is 163 Å². The van der Waals surface area contributed by atoms with Gasteiger partial charge in [-0.05, 0) is 36.0 Å². The highest BCUT2D eigenvalue weighted by atomic mass is 16.5. The van der Waals surface area contributed by atoms with E-state index in [9.17, 15) is 9.59 Å². The van der Waals surface area contributed by atoms with Crippen molar-refractivity contribution in [3.8, 4) is 0 Å². The number of hydrogen-bond donors (Lipinski definition) is 0. The van der Waals surface area contributed by atoms with Crippen molar-refractivity contribution < 1.29 is 14.3 Å². The summed E-state index contributed by atoms with van der Waals surface area (Å²) in [5.74, 6) is -0.117. The minimum Gasteiger partial charge on any atom is -0.469 e. The summed E-state index contributed by atoms with van der Waals surface area (Å²) in [7, 11) is 1.40. The summed E-state index contributed by atoms with van der Waals surface area (Å²) < 4.78 is 4.84. The van der Waals surface area contributed by atoms with Gasteiger partial charge in [-0.25, -0.2) is 0 Å². The Bertz CT molecular complexity index is 642. The number of methoxy groups -OCH3 is 1. The molecule has 0 aromatic heterocycles. The lowest BCUT2D eigenvalue weighted by Crippen LogP contribution is -2.44. The molecular weight excluding hydrogens is 338 g/mol. The molecular formula is C23H33NO3. The molecule has 0 radical (unpaired) electrons. The molecule has 0 aliphatic heterocycles. The molecule has 1 aromatic carbocycles. The zero-order valence-corrected chi connectivity index (χ0v) is 17.1. The molecule has 4 nitrogen and oxygen atoms in total. The van der Waals surface area contributed by atoms with E-state index >= 15 is 0 Å². The fourth-order valence-corrected chi connectivity index (χ4v) is 3.64. The van der Waals surface area contributed by atoms with E-state index in [2.05, 4.69) is 26.0 Å². The van der Waals surface area contributed by atoms with E-state index in [0.29, 0.717) is 12.5 Å². The Balaban J connectivity index is 2.10. The van der Waals surface area contributed by atoms with Gasteiger partial charge in [0.1, 0.15) is 0 Å². The predicted octanol–water partition coefficient (Wildman–Crippen LogP) is 4.79. The first-order chi connectivity index (χ1) is 12.9. The second kappa shape index (κ2) is 10.3. The van der Waals surface area contributed by atoms with Crippen LogP contribution in [-0.2, 0) is 14.3 Å². The molecule has 148 valence electrons. The third-order valence-electron chi connectivity index (χ3n) is 5.39. The maximum atomic E-state index is 12.9. The van der Waals surface area contributed by atoms with Crippen LogP contribution in [0, 0.1) is 5.92 Å². The summed E-state index contributed by atoms with van der Waals surface area (Å²) in [6.07, 6.45) is 9.03. The molecule has 1 aliphatic rings. The zero-order valence-electron chi connectivity index (χ0n) is 17.1. The van der Waals surface area contributed by atoms with Crippen molar-refractivity contribution in [2.45, 2.75) is 64.8 Å². The van der Waals surface area contributed by atoms with Crippen LogP contribution in [0.5, 0.6) is 0 Å². The van der Waals surface area contributed by atoms with E-state index in [4.69, 9.17) is 4.74 Å². The van der Waals surface area contributed by atoms with Crippen LogP contribution >= 0.6 is 0 Å². The average molecular weight is 372 g/mol. The fraction of sp³-hybridized carbons (Fsp3) is 0.565. The monoisotopic (exact) mass is 371 g/mol. The summed E-state index contributed by atoms with van der Waals surface area (Å²) in [5, 5.41) is 0. The highest BCUT2D eigenvalue weighted by Crippen LogP contribution is 2.24. The number of benzene rings is 1. The topological polar surface area (TPSA) is 46.6 Å². The van der Waals surface area contributed by atoms with Gasteiger partial charge < -0.3 is 9.64 Å². The van der Waals surface area contributed by atoms with E-state index in [0.717, 1.165) is 31.2 Å². The molecule has 1 aliphatic carbocycles. The number of esters is 1. The maximum Gasteiger partial charge on any atom is 0.310 e. The number of ether oxygens (including phenoxy) is 1. The van der Waals surface area contributed by atoms with Crippen molar-refractivity contribution in [2.24, 2.45) is 5.92 Å². The molecule has 1 amide bonds. The second-order valence-corrected chi connectivity index (χ2v) is 7.86. The van der Waals surface area contributed by atoms with E-state index in [-0.39, 0.29) is 23.8 Å². The summed E-state index contributed by atoms with van der Waals surface area (Å²) >= 11 is 0. The SMILES string of the molecule is COC(=O)C(C)CN(C(=O)/C=C/c1ccc(C(C)C)cc1)C1CCCCC1. The first-order valence-corrected chi connectivity index (χ1v) is 10.1. The van der Waals surface area contributed by atoms with E-state index in [1.54, 1.807) is 6.08 Å². The molecule has 2 rings (SSSR count). The van der Waals surface area contributed by atoms with Gasteiger partial charge in [-0.2, -0.15) is 0 Å². The Morgan fingerprint density at radius 2 is 1.74 bits per heavy atom. The zero-order chi connectivity index (χ0) is 19.8. The highest BCUT2D eigenvalue weighted by Gasteiger charge is 2.27. The number of carbonyl (C=O) groups excluding carboxylic acids is 2. The number of nitrogens with zero attached hydrogens (tertiary/aromatic N) is 1. The van der Waals surface area contributed by atoms with Gasteiger partial charge in [0.2, 0.25) is 5.91 Å². The summed E-state index contributed by atoms with van der Waals surface area (Å²) in [6, 6.07) is 8.51. The van der Waals surface area contributed by atoms with E-state index in [1.165, 1.54) is 19.1 Å². The van der Waals surface area contributed by atoms with Crippen molar-refractivity contribution in [2.75, 3.05) is 13.7 Å². The van der Waals surface area contributed by atoms with Crippen LogP contribution in [0.15, 0.2) is 30.3 Å². The number of rotatable bonds is 7. The van der Waals surface area contributed by atoms with E-state index < -0.39 is 0 Å². The lowest BCUT2D eigenvalue weighted by Gasteiger charge is -2.35. The predicted molar refractivity (Wildman–Crippen MR) is 109 cm³/mol. The summed E-state index contributed by atoms with van der Waals surface area (Å²) in [4.78, 5) is 26.6. The summed E-state index contributed by atoms with van der Waals surface area (Å²) in [6.45, 7) is 6.56. The van der Waals surface area contributed by atoms with Crippen LogP contribution in [0.25, 0.3) is 6.08 Å². The minimum absolute atomic E-state index is 0.0226. The highest BCUT2D eigenvalue weighted by molar-refractivity contribution is 5.92. The molecule has 1 saturated carbocycles. The van der Waals surface area contributed by atoms with Crippen LogP contribution in [0.3, 0.4) is 0 Å². The van der Waals surface area contributed by atoms with Crippen molar-refractivity contribution in [1.29, 1.82) is 0 Å². The molecule has 4 heteroatoms. The van der Waals surface area contributed by atoms with Crippen molar-refractivity contribution in [1.82, 2.24) is 4.90 Å². The third kappa shape index (κ3) is 6.23. The molecule has 0 saturated heterocycles. The lowest BCUT2D eigenvalue weighted by molar-refractivity contribution is -0.146. The molecule has 27 heavy (non-hydrogen) atoms. The van der Waals surface area contributed by atoms with E-state index in [1.807, 2.05) is 30.0 Å². The van der Waals surface area contributed by atoms with Crippen molar-refractivity contribution in [3.63, 3.8) is 0 Å². The average Bonchev–Trinajstić information content (AvgIpc) is 2.70. The van der Waals surface area contributed by atoms with Gasteiger partial charge in [-0.1, -0.05) is 64.3 Å². The van der Waals surface area contributed by atoms with Crippen molar-refractivity contribution in [3.05, 3.63) is 41.5 Å². The van der Waals surface area contributed by atoms with Crippen LogP contribution in [0.4, 0.5) is 0 Å². The molecule has 0 bridgehead atoms. The number of amides is 1. The third-order valence-corrected chi connectivity index (χ3v) is 5.39. The standard InChI is InChI=1S/C23H33NO3/c1-17(2)20-13-10-19(11-14-20)12-15-22(25)24(16-18(3)23(26)27-4)21-8-6-5-7-9-21/h10-15,17-18,21H,5-9,16H2,1-4H3/b15-12+. The normalized spacial score (nSPS) is 16.5. The lowest BCUT2D eigenvalue weighted by atomic mass is 9.93. The fourth-order valence-electron chi connectivity index (χ4n) is 3.64. The molecule has 1 unspecified atom stereocenters. The molecule has 1 atom stereocenters. The van der Waals surface area contributed by atoms with Gasteiger partial charge in [-0.3, -0.25) is 9.59 Å². The molecule has 0 heterocycles. The Hall–Kier alpha value is -2.10. The van der Waals surface area contributed by atoms with Crippen molar-refractivity contribution >= 4 is 18.0 Å².